The molecule has 2 aromatic carbocycles. The molecular weight excluding hydrogens is 511 g/mol. The maximum absolute atomic E-state index is 14.8. The molecular formula is C29H23FN8O2. The molecule has 0 saturated carbocycles. The molecule has 10 nitrogen and oxygen atoms in total. The highest BCUT2D eigenvalue weighted by Gasteiger charge is 2.16. The van der Waals surface area contributed by atoms with E-state index in [4.69, 9.17) is 0 Å². The van der Waals surface area contributed by atoms with Gasteiger partial charge in [-0.3, -0.25) is 9.36 Å². The third-order valence-corrected chi connectivity index (χ3v) is 6.71. The fourth-order valence-electron chi connectivity index (χ4n) is 4.69. The molecule has 0 radical (unpaired) electrons. The number of hydrogen-bond donors (Lipinski definition) is 2. The van der Waals surface area contributed by atoms with Crippen LogP contribution in [0.4, 0.5) is 20.6 Å². The number of anilines is 2. The highest BCUT2D eigenvalue weighted by Crippen LogP contribution is 2.30. The van der Waals surface area contributed by atoms with Crippen molar-refractivity contribution in [1.82, 2.24) is 29.1 Å². The normalized spacial score (nSPS) is 11.2. The van der Waals surface area contributed by atoms with Crippen LogP contribution in [0.15, 0.2) is 78.2 Å². The van der Waals surface area contributed by atoms with E-state index in [2.05, 4.69) is 30.6 Å². The molecule has 0 saturated heterocycles. The average molecular weight is 535 g/mol. The zero-order valence-electron chi connectivity index (χ0n) is 21.8. The predicted octanol–water partition coefficient (Wildman–Crippen LogP) is 5.04. The minimum atomic E-state index is -0.689. The molecule has 4 aromatic heterocycles. The summed E-state index contributed by atoms with van der Waals surface area (Å²) in [5.41, 5.74) is 3.56. The summed E-state index contributed by atoms with van der Waals surface area (Å²) >= 11 is 0. The predicted molar refractivity (Wildman–Crippen MR) is 151 cm³/mol. The summed E-state index contributed by atoms with van der Waals surface area (Å²) in [4.78, 5) is 43.0. The third kappa shape index (κ3) is 4.43. The van der Waals surface area contributed by atoms with Crippen molar-refractivity contribution in [3.05, 3.63) is 95.4 Å². The highest BCUT2D eigenvalue weighted by molar-refractivity contribution is 6.02. The molecule has 40 heavy (non-hydrogen) atoms. The van der Waals surface area contributed by atoms with Crippen molar-refractivity contribution in [1.29, 1.82) is 0 Å². The van der Waals surface area contributed by atoms with Crippen LogP contribution in [0.1, 0.15) is 5.82 Å². The number of hydrogen-bond acceptors (Lipinski definition) is 6. The average Bonchev–Trinajstić information content (AvgIpc) is 3.32. The minimum Gasteiger partial charge on any atom is -0.351 e. The summed E-state index contributed by atoms with van der Waals surface area (Å²) in [6.07, 6.45) is 6.44. The van der Waals surface area contributed by atoms with E-state index in [-0.39, 0.29) is 11.2 Å². The van der Waals surface area contributed by atoms with Gasteiger partial charge in [0, 0.05) is 53.9 Å². The summed E-state index contributed by atoms with van der Waals surface area (Å²) in [5, 5.41) is 6.96. The van der Waals surface area contributed by atoms with Crippen molar-refractivity contribution >= 4 is 39.3 Å². The monoisotopic (exact) mass is 534 g/mol. The van der Waals surface area contributed by atoms with E-state index in [1.54, 1.807) is 26.2 Å². The van der Waals surface area contributed by atoms with Gasteiger partial charge in [0.25, 0.3) is 5.56 Å². The van der Waals surface area contributed by atoms with Crippen molar-refractivity contribution in [2.45, 2.75) is 6.92 Å². The van der Waals surface area contributed by atoms with E-state index in [0.717, 1.165) is 16.5 Å². The zero-order valence-corrected chi connectivity index (χ0v) is 21.8. The standard InChI is InChI=1S/C29H23FN8O2/c1-16-32-14-24(26(34-16)19-5-7-25-18(10-19)8-9-37(25)2)36-29(40)35-23-12-17(4-6-22(23)30)21-11-20-13-31-15-33-27(20)38(3)28(21)39/h4-15H,1-3H3,(H2,35,36,40). The van der Waals surface area contributed by atoms with E-state index >= 15 is 0 Å². The Hall–Kier alpha value is -5.45. The van der Waals surface area contributed by atoms with Gasteiger partial charge in [-0.15, -0.1) is 0 Å². The molecule has 2 N–H and O–H groups in total. The van der Waals surface area contributed by atoms with Crippen molar-refractivity contribution in [3.8, 4) is 22.4 Å². The quantitative estimate of drug-likeness (QED) is 0.327. The Balaban J connectivity index is 1.31. The zero-order chi connectivity index (χ0) is 28.0. The van der Waals surface area contributed by atoms with Crippen LogP contribution < -0.4 is 16.2 Å². The second kappa shape index (κ2) is 9.70. The van der Waals surface area contributed by atoms with Gasteiger partial charge in [-0.25, -0.2) is 29.1 Å². The molecule has 0 bridgehead atoms. The molecule has 4 heterocycles. The fourth-order valence-corrected chi connectivity index (χ4v) is 4.69. The van der Waals surface area contributed by atoms with Crippen LogP contribution in [-0.4, -0.2) is 35.1 Å². The molecule has 2 amide bonds. The van der Waals surface area contributed by atoms with Crippen molar-refractivity contribution < 1.29 is 9.18 Å². The number of pyridine rings is 1. The first-order valence-corrected chi connectivity index (χ1v) is 12.4. The van der Waals surface area contributed by atoms with E-state index < -0.39 is 11.8 Å². The fraction of sp³-hybridized carbons (Fsp3) is 0.103. The number of nitrogens with one attached hydrogen (secondary N) is 2. The molecule has 0 fully saturated rings. The van der Waals surface area contributed by atoms with Crippen molar-refractivity contribution in [2.24, 2.45) is 14.1 Å². The number of aryl methyl sites for hydroxylation is 3. The first-order valence-electron chi connectivity index (χ1n) is 12.4. The number of rotatable bonds is 4. The van der Waals surface area contributed by atoms with E-state index in [0.29, 0.717) is 39.4 Å². The molecule has 0 aliphatic carbocycles. The number of benzene rings is 2. The highest BCUT2D eigenvalue weighted by atomic mass is 19.1. The van der Waals surface area contributed by atoms with Crippen LogP contribution in [0.25, 0.3) is 44.3 Å². The van der Waals surface area contributed by atoms with Gasteiger partial charge < -0.3 is 15.2 Å². The molecule has 6 aromatic rings. The number of nitrogens with zero attached hydrogens (tertiary/aromatic N) is 6. The number of halogens is 1. The minimum absolute atomic E-state index is 0.0956. The molecule has 0 unspecified atom stereocenters. The number of carbonyl (C=O) groups is 1. The van der Waals surface area contributed by atoms with Gasteiger partial charge in [0.15, 0.2) is 0 Å². The molecule has 0 spiro atoms. The van der Waals surface area contributed by atoms with Crippen LogP contribution in [0, 0.1) is 12.7 Å². The van der Waals surface area contributed by atoms with Gasteiger partial charge >= 0.3 is 6.03 Å². The number of amides is 2. The first kappa shape index (κ1) is 24.9. The number of urea groups is 1. The van der Waals surface area contributed by atoms with Gasteiger partial charge in [0.05, 0.1) is 23.3 Å². The van der Waals surface area contributed by atoms with E-state index in [1.807, 2.05) is 42.1 Å². The maximum atomic E-state index is 14.8. The molecule has 198 valence electrons. The van der Waals surface area contributed by atoms with Gasteiger partial charge in [0.2, 0.25) is 0 Å². The molecule has 11 heteroatoms. The summed E-state index contributed by atoms with van der Waals surface area (Å²) in [6, 6.07) is 12.9. The largest absolute Gasteiger partial charge is 0.351 e. The van der Waals surface area contributed by atoms with Gasteiger partial charge in [-0.2, -0.15) is 0 Å². The second-order valence-corrected chi connectivity index (χ2v) is 9.38. The van der Waals surface area contributed by atoms with E-state index in [9.17, 15) is 14.0 Å². The Morgan fingerprint density at radius 3 is 2.55 bits per heavy atom. The van der Waals surface area contributed by atoms with E-state index in [1.165, 1.54) is 35.3 Å². The lowest BCUT2D eigenvalue weighted by Gasteiger charge is -2.13. The Morgan fingerprint density at radius 1 is 0.900 bits per heavy atom. The van der Waals surface area contributed by atoms with Crippen LogP contribution in [0.3, 0.4) is 0 Å². The number of carbonyl (C=O) groups excluding carboxylic acids is 1. The second-order valence-electron chi connectivity index (χ2n) is 9.38. The topological polar surface area (TPSA) is 120 Å². The van der Waals surface area contributed by atoms with Crippen LogP contribution in [0.2, 0.25) is 0 Å². The smallest absolute Gasteiger partial charge is 0.323 e. The lowest BCUT2D eigenvalue weighted by molar-refractivity contribution is 0.262. The first-order chi connectivity index (χ1) is 19.3. The summed E-state index contributed by atoms with van der Waals surface area (Å²) in [7, 11) is 3.57. The molecule has 0 aliphatic rings. The SMILES string of the molecule is Cc1ncc(NC(=O)Nc2cc(-c3cc4cncnc4n(C)c3=O)ccc2F)c(-c2ccc3c(ccn3C)c2)n1. The maximum Gasteiger partial charge on any atom is 0.323 e. The summed E-state index contributed by atoms with van der Waals surface area (Å²) in [5.74, 6) is -0.120. The van der Waals surface area contributed by atoms with Crippen molar-refractivity contribution in [2.75, 3.05) is 10.6 Å². The molecule has 0 aliphatic heterocycles. The summed E-state index contributed by atoms with van der Waals surface area (Å²) in [6.45, 7) is 1.76. The summed E-state index contributed by atoms with van der Waals surface area (Å²) < 4.78 is 18.2. The Kier molecular flexibility index (Phi) is 6.03. The van der Waals surface area contributed by atoms with Crippen LogP contribution in [0.5, 0.6) is 0 Å². The number of aromatic nitrogens is 6. The number of fused-ring (bicyclic) bond motifs is 2. The lowest BCUT2D eigenvalue weighted by atomic mass is 10.1. The van der Waals surface area contributed by atoms with Gasteiger partial charge in [0.1, 0.15) is 23.6 Å². The van der Waals surface area contributed by atoms with Gasteiger partial charge in [-0.1, -0.05) is 12.1 Å². The van der Waals surface area contributed by atoms with Gasteiger partial charge in [-0.05, 0) is 48.9 Å². The Morgan fingerprint density at radius 2 is 1.70 bits per heavy atom. The molecule has 0 atom stereocenters. The Bertz CT molecular complexity index is 2010. The third-order valence-electron chi connectivity index (χ3n) is 6.71. The lowest BCUT2D eigenvalue weighted by Crippen LogP contribution is -2.22. The Labute approximate surface area is 227 Å². The molecule has 6 rings (SSSR count). The van der Waals surface area contributed by atoms with Crippen LogP contribution in [-0.2, 0) is 14.1 Å². The van der Waals surface area contributed by atoms with Crippen molar-refractivity contribution in [3.63, 3.8) is 0 Å². The van der Waals surface area contributed by atoms with Crippen LogP contribution >= 0.6 is 0 Å².